The molecule has 0 amide bonds. The van der Waals surface area contributed by atoms with Crippen LogP contribution in [0.2, 0.25) is 0 Å². The summed E-state index contributed by atoms with van der Waals surface area (Å²) in [5, 5.41) is 0. The fraction of sp³-hybridized carbons (Fsp3) is 1.00. The maximum absolute atomic E-state index is 2.59. The molecule has 0 heterocycles. The van der Waals surface area contributed by atoms with Crippen LogP contribution in [0.25, 0.3) is 0 Å². The number of nitrogens with zero attached hydrogens (tertiary/aromatic N) is 5. The number of rotatable bonds is 7. The van der Waals surface area contributed by atoms with E-state index in [-0.39, 0.29) is 0 Å². The van der Waals surface area contributed by atoms with Gasteiger partial charge in [-0.1, -0.05) is 6.92 Å². The standard InChI is InChI=1S/C10H29N5P2/c1-10-15(16(11(2)3)12(4)5)17(13(6)7)14(8)9/h10H2,1-9H3. The monoisotopic (exact) mass is 281 g/mol. The average Bonchev–Trinajstić information content (AvgIpc) is 2.13. The van der Waals surface area contributed by atoms with E-state index in [1.165, 1.54) is 0 Å². The quantitative estimate of drug-likeness (QED) is 0.662. The Morgan fingerprint density at radius 2 is 0.824 bits per heavy atom. The first-order chi connectivity index (χ1) is 7.73. The van der Waals surface area contributed by atoms with E-state index in [0.29, 0.717) is 0 Å². The van der Waals surface area contributed by atoms with Crippen molar-refractivity contribution in [2.75, 3.05) is 62.9 Å². The second-order valence-corrected chi connectivity index (χ2v) is 10.2. The lowest BCUT2D eigenvalue weighted by Crippen LogP contribution is -2.34. The van der Waals surface area contributed by atoms with Gasteiger partial charge in [0.2, 0.25) is 0 Å². The average molecular weight is 281 g/mol. The fourth-order valence-electron chi connectivity index (χ4n) is 1.87. The molecule has 0 N–H and O–H groups in total. The van der Waals surface area contributed by atoms with E-state index >= 15 is 0 Å². The minimum absolute atomic E-state index is 0.401. The molecular weight excluding hydrogens is 252 g/mol. The zero-order valence-corrected chi connectivity index (χ0v) is 14.6. The lowest BCUT2D eigenvalue weighted by molar-refractivity contribution is 0.466. The molecule has 0 aliphatic rings. The molecule has 0 aliphatic heterocycles. The van der Waals surface area contributed by atoms with Gasteiger partial charge in [0.25, 0.3) is 0 Å². The van der Waals surface area contributed by atoms with Crippen molar-refractivity contribution in [1.29, 1.82) is 0 Å². The predicted octanol–water partition coefficient (Wildman–Crippen LogP) is 2.01. The molecule has 0 spiro atoms. The lowest BCUT2D eigenvalue weighted by Gasteiger charge is -2.46. The maximum Gasteiger partial charge on any atom is 0.124 e. The molecule has 0 aromatic carbocycles. The second kappa shape index (κ2) is 7.96. The smallest absolute Gasteiger partial charge is 0.124 e. The minimum Gasteiger partial charge on any atom is -0.263 e. The topological polar surface area (TPSA) is 16.2 Å². The Balaban J connectivity index is 5.11. The Hall–Kier alpha value is 0.660. The van der Waals surface area contributed by atoms with Crippen molar-refractivity contribution in [3.05, 3.63) is 0 Å². The van der Waals surface area contributed by atoms with Gasteiger partial charge in [-0.2, -0.15) is 0 Å². The van der Waals surface area contributed by atoms with E-state index in [0.717, 1.165) is 6.54 Å². The molecule has 0 rings (SSSR count). The SMILES string of the molecule is CCN(P(N(C)C)N(C)C)P(N(C)C)N(C)C. The van der Waals surface area contributed by atoms with E-state index < -0.39 is 16.7 Å². The molecule has 17 heavy (non-hydrogen) atoms. The third-order valence-electron chi connectivity index (χ3n) is 2.13. The van der Waals surface area contributed by atoms with Crippen LogP contribution in [0, 0.1) is 0 Å². The van der Waals surface area contributed by atoms with Crippen LogP contribution in [0.15, 0.2) is 0 Å². The van der Waals surface area contributed by atoms with Gasteiger partial charge in [-0.15, -0.1) is 0 Å². The van der Waals surface area contributed by atoms with Crippen LogP contribution >= 0.6 is 16.7 Å². The normalized spacial score (nSPS) is 13.4. The van der Waals surface area contributed by atoms with E-state index in [1.54, 1.807) is 0 Å². The first-order valence-electron chi connectivity index (χ1n) is 5.80. The molecule has 0 radical (unpaired) electrons. The molecule has 7 heteroatoms. The van der Waals surface area contributed by atoms with E-state index in [4.69, 9.17) is 0 Å². The highest BCUT2D eigenvalue weighted by Crippen LogP contribution is 2.59. The first-order valence-corrected chi connectivity index (χ1v) is 8.20. The summed E-state index contributed by atoms with van der Waals surface area (Å²) in [7, 11) is 16.5. The van der Waals surface area contributed by atoms with Crippen molar-refractivity contribution < 1.29 is 0 Å². The predicted molar refractivity (Wildman–Crippen MR) is 81.0 cm³/mol. The van der Waals surface area contributed by atoms with Crippen LogP contribution < -0.4 is 0 Å². The van der Waals surface area contributed by atoms with Crippen molar-refractivity contribution in [2.24, 2.45) is 0 Å². The lowest BCUT2D eigenvalue weighted by atomic mass is 10.8. The second-order valence-electron chi connectivity index (χ2n) is 4.61. The van der Waals surface area contributed by atoms with Crippen LogP contribution in [0.3, 0.4) is 0 Å². The molecule has 0 atom stereocenters. The molecule has 0 saturated heterocycles. The van der Waals surface area contributed by atoms with Gasteiger partial charge < -0.3 is 0 Å². The molecule has 0 unspecified atom stereocenters. The molecular formula is C10H29N5P2. The summed E-state index contributed by atoms with van der Waals surface area (Å²) < 4.78 is 11.9. The van der Waals surface area contributed by atoms with Gasteiger partial charge in [-0.05, 0) is 56.4 Å². The molecule has 104 valence electrons. The van der Waals surface area contributed by atoms with Crippen LogP contribution in [0.5, 0.6) is 0 Å². The summed E-state index contributed by atoms with van der Waals surface area (Å²) >= 11 is 0. The van der Waals surface area contributed by atoms with Gasteiger partial charge in [-0.25, -0.2) is 4.44 Å². The highest BCUT2D eigenvalue weighted by Gasteiger charge is 2.32. The third-order valence-corrected chi connectivity index (χ3v) is 7.34. The number of hydrogen-bond acceptors (Lipinski definition) is 5. The van der Waals surface area contributed by atoms with Gasteiger partial charge in [0.05, 0.1) is 0 Å². The summed E-state index contributed by atoms with van der Waals surface area (Å²) in [6.07, 6.45) is 0. The van der Waals surface area contributed by atoms with Crippen molar-refractivity contribution in [3.8, 4) is 0 Å². The Morgan fingerprint density at radius 3 is 0.941 bits per heavy atom. The molecule has 0 saturated carbocycles. The van der Waals surface area contributed by atoms with Gasteiger partial charge in [-0.3, -0.25) is 18.7 Å². The first kappa shape index (κ1) is 17.7. The Bertz CT molecular complexity index is 175. The van der Waals surface area contributed by atoms with E-state index in [9.17, 15) is 0 Å². The molecule has 0 aliphatic carbocycles. The summed E-state index contributed by atoms with van der Waals surface area (Å²) in [6, 6.07) is 0. The zero-order chi connectivity index (χ0) is 13.7. The van der Waals surface area contributed by atoms with Crippen molar-refractivity contribution in [1.82, 2.24) is 23.1 Å². The molecule has 0 bridgehead atoms. The number of hydrogen-bond donors (Lipinski definition) is 0. The summed E-state index contributed by atoms with van der Waals surface area (Å²) in [4.78, 5) is 0. The van der Waals surface area contributed by atoms with Gasteiger partial charge in [0.1, 0.15) is 16.7 Å². The Morgan fingerprint density at radius 1 is 0.588 bits per heavy atom. The zero-order valence-electron chi connectivity index (χ0n) is 12.8. The Labute approximate surface area is 110 Å². The van der Waals surface area contributed by atoms with Gasteiger partial charge in [0.15, 0.2) is 0 Å². The van der Waals surface area contributed by atoms with Gasteiger partial charge >= 0.3 is 0 Å². The van der Waals surface area contributed by atoms with Crippen LogP contribution in [0.4, 0.5) is 0 Å². The molecule has 0 fully saturated rings. The maximum atomic E-state index is 2.59. The highest BCUT2D eigenvalue weighted by molar-refractivity contribution is 7.65. The molecule has 5 nitrogen and oxygen atoms in total. The summed E-state index contributed by atoms with van der Waals surface area (Å²) in [5.74, 6) is 0. The Kier molecular flexibility index (Phi) is 8.27. The van der Waals surface area contributed by atoms with Crippen molar-refractivity contribution in [3.63, 3.8) is 0 Å². The van der Waals surface area contributed by atoms with Crippen LogP contribution in [0.1, 0.15) is 6.92 Å². The highest BCUT2D eigenvalue weighted by atomic mass is 31.2. The van der Waals surface area contributed by atoms with Crippen LogP contribution in [-0.2, 0) is 0 Å². The van der Waals surface area contributed by atoms with Crippen LogP contribution in [-0.4, -0.2) is 86.0 Å². The fourth-order valence-corrected chi connectivity index (χ4v) is 7.95. The molecule has 0 aromatic rings. The largest absolute Gasteiger partial charge is 0.263 e. The minimum atomic E-state index is -0.401. The van der Waals surface area contributed by atoms with Crippen molar-refractivity contribution in [2.45, 2.75) is 6.92 Å². The summed E-state index contributed by atoms with van der Waals surface area (Å²) in [5.41, 5.74) is 0. The van der Waals surface area contributed by atoms with Crippen molar-refractivity contribution >= 4 is 16.7 Å². The van der Waals surface area contributed by atoms with Gasteiger partial charge in [0, 0.05) is 6.54 Å². The molecule has 0 aromatic heterocycles. The van der Waals surface area contributed by atoms with E-state index in [1.807, 2.05) is 0 Å². The summed E-state index contributed by atoms with van der Waals surface area (Å²) in [6.45, 7) is 3.30. The third kappa shape index (κ3) is 5.04. The van der Waals surface area contributed by atoms with E-state index in [2.05, 4.69) is 86.4 Å².